The highest BCUT2D eigenvalue weighted by Crippen LogP contribution is 2.43. The Labute approximate surface area is 241 Å². The maximum Gasteiger partial charge on any atom is 0.0434 e. The van der Waals surface area contributed by atoms with Gasteiger partial charge in [-0.3, -0.25) is 0 Å². The topological polar surface area (TPSA) is 0 Å². The standard InChI is InChI=1S/C40H24S/c1-3-11-31-25(7-1)17-21-35-34(31)20-18-27-15-16-29(24-38(27)35)28-9-5-10-30(23-28)33-13-6-14-36-37-22-19-26-8-2-4-12-32(26)39(37)41-40(33)36/h1-24H. The minimum Gasteiger partial charge on any atom is -0.134 e. The zero-order valence-corrected chi connectivity index (χ0v) is 23.1. The van der Waals surface area contributed by atoms with Crippen LogP contribution in [0.15, 0.2) is 146 Å². The van der Waals surface area contributed by atoms with Crippen molar-refractivity contribution < 1.29 is 0 Å². The van der Waals surface area contributed by atoms with E-state index in [4.69, 9.17) is 0 Å². The van der Waals surface area contributed by atoms with Gasteiger partial charge in [-0.2, -0.15) is 0 Å². The Hall–Kier alpha value is -4.98. The smallest absolute Gasteiger partial charge is 0.0434 e. The Morgan fingerprint density at radius 2 is 0.854 bits per heavy atom. The number of rotatable bonds is 2. The molecule has 0 spiro atoms. The van der Waals surface area contributed by atoms with Crippen molar-refractivity contribution >= 4 is 74.6 Å². The predicted octanol–water partition coefficient (Wildman–Crippen LogP) is 12.0. The molecule has 0 saturated carbocycles. The molecule has 0 amide bonds. The van der Waals surface area contributed by atoms with Crippen LogP contribution in [0, 0.1) is 0 Å². The van der Waals surface area contributed by atoms with Gasteiger partial charge < -0.3 is 0 Å². The van der Waals surface area contributed by atoms with E-state index in [2.05, 4.69) is 146 Å². The summed E-state index contributed by atoms with van der Waals surface area (Å²) >= 11 is 1.92. The molecule has 0 fully saturated rings. The molecule has 0 bridgehead atoms. The van der Waals surface area contributed by atoms with Crippen molar-refractivity contribution in [3.8, 4) is 22.3 Å². The SMILES string of the molecule is c1cc(-c2ccc3ccc4c5ccccc5ccc4c3c2)cc(-c2cccc3c2sc2c4ccccc4ccc32)c1. The molecule has 0 aliphatic heterocycles. The van der Waals surface area contributed by atoms with E-state index in [1.807, 2.05) is 11.3 Å². The van der Waals surface area contributed by atoms with Gasteiger partial charge in [-0.25, -0.2) is 0 Å². The van der Waals surface area contributed by atoms with Crippen molar-refractivity contribution in [1.29, 1.82) is 0 Å². The lowest BCUT2D eigenvalue weighted by Gasteiger charge is -2.11. The molecule has 1 heterocycles. The normalized spacial score (nSPS) is 11.9. The summed E-state index contributed by atoms with van der Waals surface area (Å²) in [7, 11) is 0. The Morgan fingerprint density at radius 3 is 1.71 bits per heavy atom. The van der Waals surface area contributed by atoms with Crippen LogP contribution in [0.25, 0.3) is 85.5 Å². The summed E-state index contributed by atoms with van der Waals surface area (Å²) in [6.45, 7) is 0. The maximum absolute atomic E-state index is 2.37. The lowest BCUT2D eigenvalue weighted by atomic mass is 9.93. The van der Waals surface area contributed by atoms with Gasteiger partial charge >= 0.3 is 0 Å². The zero-order chi connectivity index (χ0) is 26.9. The predicted molar refractivity (Wildman–Crippen MR) is 180 cm³/mol. The van der Waals surface area contributed by atoms with Crippen molar-refractivity contribution in [2.24, 2.45) is 0 Å². The fourth-order valence-corrected chi connectivity index (χ4v) is 7.99. The molecule has 0 aliphatic carbocycles. The second kappa shape index (κ2) is 8.76. The van der Waals surface area contributed by atoms with Crippen LogP contribution in [-0.4, -0.2) is 0 Å². The third kappa shape index (κ3) is 3.46. The highest BCUT2D eigenvalue weighted by atomic mass is 32.1. The molecule has 0 N–H and O–H groups in total. The Morgan fingerprint density at radius 1 is 0.293 bits per heavy atom. The van der Waals surface area contributed by atoms with Crippen LogP contribution in [-0.2, 0) is 0 Å². The molecule has 41 heavy (non-hydrogen) atoms. The number of hydrogen-bond donors (Lipinski definition) is 0. The van der Waals surface area contributed by atoms with E-state index in [0.717, 1.165) is 0 Å². The Balaban J connectivity index is 1.22. The van der Waals surface area contributed by atoms with Crippen LogP contribution >= 0.6 is 11.3 Å². The molecule has 9 aromatic rings. The first-order valence-corrected chi connectivity index (χ1v) is 14.9. The lowest BCUT2D eigenvalue weighted by molar-refractivity contribution is 1.63. The third-order valence-corrected chi connectivity index (χ3v) is 9.93. The van der Waals surface area contributed by atoms with Gasteiger partial charge in [0.05, 0.1) is 0 Å². The molecular formula is C40H24S. The van der Waals surface area contributed by atoms with Gasteiger partial charge in [0, 0.05) is 20.2 Å². The Kier molecular flexibility index (Phi) is 4.87. The zero-order valence-electron chi connectivity index (χ0n) is 22.3. The molecule has 0 aliphatic rings. The van der Waals surface area contributed by atoms with E-state index in [1.165, 1.54) is 85.5 Å². The highest BCUT2D eigenvalue weighted by Gasteiger charge is 2.13. The first kappa shape index (κ1) is 22.8. The van der Waals surface area contributed by atoms with Crippen molar-refractivity contribution in [2.45, 2.75) is 0 Å². The van der Waals surface area contributed by atoms with Gasteiger partial charge in [0.25, 0.3) is 0 Å². The van der Waals surface area contributed by atoms with Crippen LogP contribution in [0.2, 0.25) is 0 Å². The second-order valence-electron chi connectivity index (χ2n) is 10.9. The minimum absolute atomic E-state index is 1.24. The number of hydrogen-bond acceptors (Lipinski definition) is 1. The molecular weight excluding hydrogens is 513 g/mol. The fourth-order valence-electron chi connectivity index (χ4n) is 6.62. The van der Waals surface area contributed by atoms with Crippen molar-refractivity contribution in [2.75, 3.05) is 0 Å². The van der Waals surface area contributed by atoms with Gasteiger partial charge in [-0.05, 0) is 77.5 Å². The monoisotopic (exact) mass is 536 g/mol. The van der Waals surface area contributed by atoms with Crippen molar-refractivity contribution in [3.05, 3.63) is 146 Å². The fraction of sp³-hybridized carbons (Fsp3) is 0. The lowest BCUT2D eigenvalue weighted by Crippen LogP contribution is -1.84. The second-order valence-corrected chi connectivity index (χ2v) is 11.9. The van der Waals surface area contributed by atoms with E-state index >= 15 is 0 Å². The third-order valence-electron chi connectivity index (χ3n) is 8.64. The molecule has 0 atom stereocenters. The van der Waals surface area contributed by atoms with E-state index in [0.29, 0.717) is 0 Å². The summed E-state index contributed by atoms with van der Waals surface area (Å²) < 4.78 is 2.73. The van der Waals surface area contributed by atoms with Crippen molar-refractivity contribution in [1.82, 2.24) is 0 Å². The number of benzene rings is 8. The molecule has 9 rings (SSSR count). The van der Waals surface area contributed by atoms with Gasteiger partial charge in [0.15, 0.2) is 0 Å². The van der Waals surface area contributed by atoms with Crippen LogP contribution in [0.5, 0.6) is 0 Å². The van der Waals surface area contributed by atoms with E-state index in [-0.39, 0.29) is 0 Å². The molecule has 8 aromatic carbocycles. The number of fused-ring (bicyclic) bond motifs is 10. The van der Waals surface area contributed by atoms with Crippen LogP contribution in [0.3, 0.4) is 0 Å². The van der Waals surface area contributed by atoms with Gasteiger partial charge in [-0.1, -0.05) is 133 Å². The van der Waals surface area contributed by atoms with Gasteiger partial charge in [0.1, 0.15) is 0 Å². The molecule has 1 aromatic heterocycles. The molecule has 0 radical (unpaired) electrons. The maximum atomic E-state index is 2.37. The van der Waals surface area contributed by atoms with Gasteiger partial charge in [0.2, 0.25) is 0 Å². The summed E-state index contributed by atoms with van der Waals surface area (Å²) in [6, 6.07) is 53.7. The van der Waals surface area contributed by atoms with Crippen molar-refractivity contribution in [3.63, 3.8) is 0 Å². The molecule has 0 saturated heterocycles. The summed E-state index contributed by atoms with van der Waals surface area (Å²) in [5.74, 6) is 0. The van der Waals surface area contributed by atoms with Gasteiger partial charge in [-0.15, -0.1) is 11.3 Å². The molecule has 0 nitrogen and oxygen atoms in total. The Bertz CT molecular complexity index is 2480. The summed E-state index contributed by atoms with van der Waals surface area (Å²) in [5, 5.41) is 13.1. The first-order valence-electron chi connectivity index (χ1n) is 14.1. The van der Waals surface area contributed by atoms with E-state index in [9.17, 15) is 0 Å². The quantitative estimate of drug-likeness (QED) is 0.193. The largest absolute Gasteiger partial charge is 0.134 e. The van der Waals surface area contributed by atoms with Crippen LogP contribution in [0.4, 0.5) is 0 Å². The van der Waals surface area contributed by atoms with Crippen LogP contribution in [0.1, 0.15) is 0 Å². The molecule has 0 unspecified atom stereocenters. The first-order chi connectivity index (χ1) is 20.3. The summed E-state index contributed by atoms with van der Waals surface area (Å²) in [4.78, 5) is 0. The molecule has 1 heteroatoms. The van der Waals surface area contributed by atoms with E-state index < -0.39 is 0 Å². The molecule has 190 valence electrons. The summed E-state index contributed by atoms with van der Waals surface area (Å²) in [5.41, 5.74) is 5.04. The summed E-state index contributed by atoms with van der Waals surface area (Å²) in [6.07, 6.45) is 0. The number of thiophene rings is 1. The average Bonchev–Trinajstić information content (AvgIpc) is 3.44. The highest BCUT2D eigenvalue weighted by molar-refractivity contribution is 7.27. The van der Waals surface area contributed by atoms with Crippen LogP contribution < -0.4 is 0 Å². The average molecular weight is 537 g/mol. The van der Waals surface area contributed by atoms with E-state index in [1.54, 1.807) is 0 Å². The minimum atomic E-state index is 1.24.